The number of rotatable bonds is 4. The van der Waals surface area contributed by atoms with Crippen molar-refractivity contribution in [2.24, 2.45) is 5.73 Å². The summed E-state index contributed by atoms with van der Waals surface area (Å²) in [5.74, 6) is 2.61. The Bertz CT molecular complexity index is 650. The van der Waals surface area contributed by atoms with Crippen LogP contribution in [-0.2, 0) is 0 Å². The number of benzene rings is 1. The van der Waals surface area contributed by atoms with Crippen LogP contribution >= 0.6 is 11.6 Å². The summed E-state index contributed by atoms with van der Waals surface area (Å²) in [6, 6.07) is 6.52. The van der Waals surface area contributed by atoms with Gasteiger partial charge in [-0.1, -0.05) is 17.7 Å². The van der Waals surface area contributed by atoms with Gasteiger partial charge >= 0.3 is 0 Å². The lowest BCUT2D eigenvalue weighted by atomic mass is 10.1. The van der Waals surface area contributed by atoms with Crippen LogP contribution in [0.1, 0.15) is 18.5 Å². The summed E-state index contributed by atoms with van der Waals surface area (Å²) in [5.41, 5.74) is 10.8. The van der Waals surface area contributed by atoms with Crippen molar-refractivity contribution in [1.29, 1.82) is 0 Å². The quantitative estimate of drug-likeness (QED) is 0.630. The summed E-state index contributed by atoms with van der Waals surface area (Å²) in [6.07, 6.45) is 3.53. The van der Waals surface area contributed by atoms with Gasteiger partial charge in [0.05, 0.1) is 5.16 Å². The van der Waals surface area contributed by atoms with Gasteiger partial charge in [0.25, 0.3) is 0 Å². The van der Waals surface area contributed by atoms with Gasteiger partial charge in [-0.2, -0.15) is 0 Å². The molecule has 0 aromatic heterocycles. The fourth-order valence-electron chi connectivity index (χ4n) is 3.06. The number of hydrogen-bond donors (Lipinski definition) is 2. The highest BCUT2D eigenvalue weighted by Crippen LogP contribution is 2.35. The molecular weight excluding hydrogens is 328 g/mol. The molecule has 130 valence electrons. The molecule has 1 aromatic carbocycles. The van der Waals surface area contributed by atoms with E-state index in [4.69, 9.17) is 26.8 Å². The van der Waals surface area contributed by atoms with Crippen LogP contribution in [0.4, 0.5) is 0 Å². The number of nitrogens with zero attached hydrogens (tertiary/aromatic N) is 2. The number of fused-ring (bicyclic) bond motifs is 1. The lowest BCUT2D eigenvalue weighted by Gasteiger charge is -2.38. The van der Waals surface area contributed by atoms with E-state index in [1.807, 2.05) is 12.1 Å². The van der Waals surface area contributed by atoms with Crippen molar-refractivity contribution in [3.05, 3.63) is 46.9 Å². The summed E-state index contributed by atoms with van der Waals surface area (Å²) >= 11 is 5.65. The molecular formula is C17H24ClN4O2+. The molecule has 0 bridgehead atoms. The Morgan fingerprint density at radius 3 is 2.62 bits per heavy atom. The lowest BCUT2D eigenvalue weighted by molar-refractivity contribution is -0.334. The van der Waals surface area contributed by atoms with Gasteiger partial charge in [0.1, 0.15) is 0 Å². The Balaban J connectivity index is 1.60. The molecule has 2 aliphatic heterocycles. The van der Waals surface area contributed by atoms with Crippen molar-refractivity contribution in [2.45, 2.75) is 13.0 Å². The molecule has 1 fully saturated rings. The molecule has 2 heterocycles. The van der Waals surface area contributed by atoms with E-state index < -0.39 is 0 Å². The van der Waals surface area contributed by atoms with Gasteiger partial charge in [-0.05, 0) is 30.7 Å². The average Bonchev–Trinajstić information content (AvgIpc) is 3.06. The number of ether oxygens (including phenoxy) is 2. The minimum absolute atomic E-state index is 0.270. The second-order valence-corrected chi connectivity index (χ2v) is 6.46. The van der Waals surface area contributed by atoms with Crippen LogP contribution in [0.5, 0.6) is 11.5 Å². The number of piperazine rings is 1. The summed E-state index contributed by atoms with van der Waals surface area (Å²) in [5, 5.41) is 0.270. The molecule has 24 heavy (non-hydrogen) atoms. The molecule has 1 aromatic rings. The first-order valence-electron chi connectivity index (χ1n) is 8.08. The van der Waals surface area contributed by atoms with Crippen molar-refractivity contribution in [3.63, 3.8) is 0 Å². The molecule has 0 radical (unpaired) electrons. The molecule has 2 aliphatic rings. The van der Waals surface area contributed by atoms with Crippen molar-refractivity contribution >= 4 is 11.6 Å². The van der Waals surface area contributed by atoms with E-state index in [1.54, 1.807) is 6.08 Å². The molecule has 1 unspecified atom stereocenters. The first kappa shape index (κ1) is 17.0. The first-order valence-corrected chi connectivity index (χ1v) is 8.46. The van der Waals surface area contributed by atoms with Gasteiger partial charge < -0.3 is 25.8 Å². The monoisotopic (exact) mass is 351 g/mol. The standard InChI is InChI=1S/C17H23ClN4O2/c1-12(13-2-3-14-15(10-13)24-11-23-14)21-6-8-22(9-7-21)17(20)5-4-16(18)19/h2-5,10,12H,6-9,11,19-20H2,1H3/p+1/b16-4-,17-5+. The largest absolute Gasteiger partial charge is 0.454 e. The summed E-state index contributed by atoms with van der Waals surface area (Å²) < 4.78 is 10.9. The highest BCUT2D eigenvalue weighted by Gasteiger charge is 2.24. The molecule has 0 saturated carbocycles. The minimum atomic E-state index is 0.270. The molecule has 1 atom stereocenters. The van der Waals surface area contributed by atoms with E-state index >= 15 is 0 Å². The maximum Gasteiger partial charge on any atom is 0.231 e. The number of hydrogen-bond acceptors (Lipinski definition) is 5. The molecule has 6 nitrogen and oxygen atoms in total. The Hall–Kier alpha value is -1.89. The van der Waals surface area contributed by atoms with Crippen LogP contribution in [0.2, 0.25) is 0 Å². The maximum atomic E-state index is 5.65. The van der Waals surface area contributed by atoms with E-state index in [9.17, 15) is 0 Å². The zero-order valence-corrected chi connectivity index (χ0v) is 14.6. The molecule has 3 rings (SSSR count). The number of halogens is 1. The lowest BCUT2D eigenvalue weighted by Crippen LogP contribution is -2.59. The van der Waals surface area contributed by atoms with E-state index in [1.165, 1.54) is 5.56 Å². The Morgan fingerprint density at radius 2 is 1.92 bits per heavy atom. The van der Waals surface area contributed by atoms with E-state index in [0.717, 1.165) is 43.5 Å². The van der Waals surface area contributed by atoms with Crippen molar-refractivity contribution in [2.75, 3.05) is 33.0 Å². The maximum absolute atomic E-state index is 5.65. The molecule has 0 amide bonds. The fourth-order valence-corrected chi connectivity index (χ4v) is 3.12. The zero-order valence-electron chi connectivity index (χ0n) is 13.9. The van der Waals surface area contributed by atoms with Crippen LogP contribution in [0.3, 0.4) is 0 Å². The normalized spacial score (nSPS) is 20.4. The highest BCUT2D eigenvalue weighted by atomic mass is 35.5. The smallest absolute Gasteiger partial charge is 0.231 e. The fraction of sp³-hybridized carbons (Fsp3) is 0.412. The number of quaternary nitrogens is 1. The summed E-state index contributed by atoms with van der Waals surface area (Å²) in [7, 11) is 0. The van der Waals surface area contributed by atoms with E-state index in [2.05, 4.69) is 34.6 Å². The summed E-state index contributed by atoms with van der Waals surface area (Å²) in [4.78, 5) is 4.71. The predicted octanol–water partition coefficient (Wildman–Crippen LogP) is 1.22. The van der Waals surface area contributed by atoms with E-state index in [-0.39, 0.29) is 5.16 Å². The summed E-state index contributed by atoms with van der Waals surface area (Å²) in [6.45, 7) is 6.35. The zero-order chi connectivity index (χ0) is 17.1. The third kappa shape index (κ3) is 3.77. The van der Waals surface area contributed by atoms with Gasteiger partial charge in [0.15, 0.2) is 17.3 Å². The molecule has 1 saturated heterocycles. The van der Waals surface area contributed by atoms with Crippen LogP contribution in [0, 0.1) is 0 Å². The predicted molar refractivity (Wildman–Crippen MR) is 93.2 cm³/mol. The number of allylic oxidation sites excluding steroid dienone is 2. The molecule has 5 N–H and O–H groups in total. The van der Waals surface area contributed by atoms with Crippen molar-refractivity contribution < 1.29 is 15.2 Å². The Kier molecular flexibility index (Phi) is 5.18. The van der Waals surface area contributed by atoms with Crippen molar-refractivity contribution in [3.8, 4) is 11.5 Å². The Morgan fingerprint density at radius 1 is 1.21 bits per heavy atom. The molecule has 0 spiro atoms. The van der Waals surface area contributed by atoms with Crippen molar-refractivity contribution in [1.82, 2.24) is 9.80 Å². The van der Waals surface area contributed by atoms with E-state index in [0.29, 0.717) is 12.8 Å². The van der Waals surface area contributed by atoms with Gasteiger partial charge in [-0.3, -0.25) is 4.90 Å². The second-order valence-electron chi connectivity index (χ2n) is 6.02. The van der Waals surface area contributed by atoms with Crippen LogP contribution in [0.15, 0.2) is 41.3 Å². The van der Waals surface area contributed by atoms with Gasteiger partial charge in [-0.25, -0.2) is 0 Å². The number of nitrogens with two attached hydrogens (primary N) is 1. The SMILES string of the molecule is CC(c1ccc2c(c1)OCO2)N1CCN(/C([NH3+])=C/C=C(\N)Cl)CC1. The van der Waals surface area contributed by atoms with Crippen LogP contribution in [-0.4, -0.2) is 42.8 Å². The third-order valence-corrected chi connectivity index (χ3v) is 4.71. The van der Waals surface area contributed by atoms with Gasteiger partial charge in [0, 0.05) is 38.3 Å². The highest BCUT2D eigenvalue weighted by molar-refractivity contribution is 6.29. The van der Waals surface area contributed by atoms with Gasteiger partial charge in [0.2, 0.25) is 6.79 Å². The Labute approximate surface area is 147 Å². The van der Waals surface area contributed by atoms with Crippen LogP contribution < -0.4 is 20.9 Å². The first-order chi connectivity index (χ1) is 11.5. The minimum Gasteiger partial charge on any atom is -0.454 e. The molecule has 0 aliphatic carbocycles. The average molecular weight is 352 g/mol. The topological polar surface area (TPSA) is 78.6 Å². The van der Waals surface area contributed by atoms with Gasteiger partial charge in [-0.15, -0.1) is 0 Å². The molecule has 7 heteroatoms. The van der Waals surface area contributed by atoms with Crippen LogP contribution in [0.25, 0.3) is 0 Å². The third-order valence-electron chi connectivity index (χ3n) is 4.58. The second kappa shape index (κ2) is 7.34.